The molecule has 0 aliphatic carbocycles. The lowest BCUT2D eigenvalue weighted by Gasteiger charge is -2.26. The smallest absolute Gasteiger partial charge is 0.295 e. The quantitative estimate of drug-likeness (QED) is 0.249. The van der Waals surface area contributed by atoms with Crippen molar-refractivity contribution in [1.29, 1.82) is 0 Å². The monoisotopic (exact) mass is 535 g/mol. The van der Waals surface area contributed by atoms with Gasteiger partial charge < -0.3 is 19.8 Å². The van der Waals surface area contributed by atoms with Crippen molar-refractivity contribution in [3.8, 4) is 11.5 Å². The van der Waals surface area contributed by atoms with E-state index in [0.717, 1.165) is 16.7 Å². The minimum Gasteiger partial charge on any atom is -0.507 e. The van der Waals surface area contributed by atoms with Crippen LogP contribution < -0.4 is 4.74 Å². The third-order valence-electron chi connectivity index (χ3n) is 6.26. The van der Waals surface area contributed by atoms with Crippen LogP contribution in [0.25, 0.3) is 5.76 Å². The summed E-state index contributed by atoms with van der Waals surface area (Å²) in [6, 6.07) is 17.6. The van der Waals surface area contributed by atoms with Crippen LogP contribution in [0.1, 0.15) is 33.9 Å². The molecular weight excluding hydrogens is 510 g/mol. The number of likely N-dealkylation sites (tertiary alicyclic amines) is 1. The van der Waals surface area contributed by atoms with Gasteiger partial charge in [0.2, 0.25) is 0 Å². The Bertz CT molecular complexity index is 1330. The van der Waals surface area contributed by atoms with Crippen molar-refractivity contribution < 1.29 is 24.5 Å². The van der Waals surface area contributed by atoms with Gasteiger partial charge in [-0.3, -0.25) is 9.59 Å². The number of carbonyl (C=O) groups excluding carboxylic acids is 2. The minimum atomic E-state index is -0.857. The van der Waals surface area contributed by atoms with Gasteiger partial charge in [-0.05, 0) is 71.1 Å². The molecule has 1 unspecified atom stereocenters. The Morgan fingerprint density at radius 3 is 2.46 bits per heavy atom. The van der Waals surface area contributed by atoms with Gasteiger partial charge >= 0.3 is 0 Å². The molecule has 0 aromatic heterocycles. The highest BCUT2D eigenvalue weighted by Gasteiger charge is 2.46. The lowest BCUT2D eigenvalue weighted by atomic mass is 9.93. The molecule has 35 heavy (non-hydrogen) atoms. The second-order valence-electron chi connectivity index (χ2n) is 8.60. The average molecular weight is 536 g/mol. The summed E-state index contributed by atoms with van der Waals surface area (Å²) in [5.41, 5.74) is 3.77. The van der Waals surface area contributed by atoms with E-state index >= 15 is 0 Å². The van der Waals surface area contributed by atoms with Gasteiger partial charge in [0.05, 0.1) is 23.2 Å². The number of hydrogen-bond acceptors (Lipinski definition) is 5. The Kier molecular flexibility index (Phi) is 6.98. The third kappa shape index (κ3) is 4.68. The first-order valence-electron chi connectivity index (χ1n) is 11.2. The van der Waals surface area contributed by atoms with E-state index in [-0.39, 0.29) is 29.4 Å². The van der Waals surface area contributed by atoms with Gasteiger partial charge in [0.15, 0.2) is 11.5 Å². The van der Waals surface area contributed by atoms with E-state index in [1.807, 2.05) is 56.3 Å². The number of phenols is 1. The maximum atomic E-state index is 13.3. The van der Waals surface area contributed by atoms with Gasteiger partial charge in [-0.1, -0.05) is 48.0 Å². The molecule has 4 rings (SSSR count). The van der Waals surface area contributed by atoms with Gasteiger partial charge in [0.25, 0.3) is 11.7 Å². The summed E-state index contributed by atoms with van der Waals surface area (Å²) in [5, 5.41) is 21.7. The van der Waals surface area contributed by atoms with E-state index in [1.54, 1.807) is 18.2 Å². The molecule has 1 heterocycles. The van der Waals surface area contributed by atoms with E-state index in [0.29, 0.717) is 22.0 Å². The molecular formula is C28H26BrNO5. The van der Waals surface area contributed by atoms with Crippen LogP contribution in [-0.2, 0) is 16.0 Å². The molecule has 0 saturated carbocycles. The predicted molar refractivity (Wildman–Crippen MR) is 137 cm³/mol. The van der Waals surface area contributed by atoms with Gasteiger partial charge in [-0.25, -0.2) is 0 Å². The molecule has 1 aliphatic rings. The molecule has 1 fully saturated rings. The fourth-order valence-corrected chi connectivity index (χ4v) is 4.85. The Morgan fingerprint density at radius 2 is 1.77 bits per heavy atom. The zero-order valence-electron chi connectivity index (χ0n) is 19.7. The zero-order chi connectivity index (χ0) is 25.3. The van der Waals surface area contributed by atoms with Crippen molar-refractivity contribution in [3.63, 3.8) is 0 Å². The number of amides is 1. The second kappa shape index (κ2) is 9.96. The minimum absolute atomic E-state index is 0.0106. The summed E-state index contributed by atoms with van der Waals surface area (Å²) in [6.07, 6.45) is 0.532. The molecule has 1 aliphatic heterocycles. The summed E-state index contributed by atoms with van der Waals surface area (Å²) < 4.78 is 5.67. The maximum Gasteiger partial charge on any atom is 0.295 e. The Hall–Kier alpha value is -3.58. The predicted octanol–water partition coefficient (Wildman–Crippen LogP) is 5.44. The molecule has 7 heteroatoms. The molecule has 180 valence electrons. The molecule has 1 amide bonds. The van der Waals surface area contributed by atoms with E-state index in [1.165, 1.54) is 12.0 Å². The molecule has 3 aromatic carbocycles. The Morgan fingerprint density at radius 1 is 1.06 bits per heavy atom. The number of rotatable bonds is 6. The second-order valence-corrected chi connectivity index (χ2v) is 9.45. The Balaban J connectivity index is 1.89. The van der Waals surface area contributed by atoms with Crippen molar-refractivity contribution >= 4 is 33.4 Å². The maximum absolute atomic E-state index is 13.3. The number of nitrogens with zero attached hydrogens (tertiary/aromatic N) is 1. The number of aliphatic hydroxyl groups excluding tert-OH is 1. The first-order chi connectivity index (χ1) is 16.7. The third-order valence-corrected chi connectivity index (χ3v) is 6.86. The molecule has 2 N–H and O–H groups in total. The number of ketones is 1. The number of aliphatic hydroxyl groups is 1. The van der Waals surface area contributed by atoms with Crippen molar-refractivity contribution in [2.24, 2.45) is 0 Å². The first kappa shape index (κ1) is 24.5. The number of benzene rings is 3. The van der Waals surface area contributed by atoms with Crippen LogP contribution >= 0.6 is 15.9 Å². The molecule has 1 atom stereocenters. The number of phenolic OH excluding ortho intramolecular Hbond substituents is 1. The number of Topliss-reactive ketones (excluding diaryl/α,β-unsaturated/α-hetero) is 1. The number of aromatic hydroxyl groups is 1. The summed E-state index contributed by atoms with van der Waals surface area (Å²) >= 11 is 3.34. The van der Waals surface area contributed by atoms with Gasteiger partial charge in [0.1, 0.15) is 5.76 Å². The summed E-state index contributed by atoms with van der Waals surface area (Å²) in [5.74, 6) is -1.55. The summed E-state index contributed by atoms with van der Waals surface area (Å²) in [7, 11) is 1.42. The molecule has 3 aromatic rings. The fraction of sp³-hybridized carbons (Fsp3) is 0.214. The van der Waals surface area contributed by atoms with Gasteiger partial charge in [-0.15, -0.1) is 0 Å². The highest BCUT2D eigenvalue weighted by Crippen LogP contribution is 2.44. The zero-order valence-corrected chi connectivity index (χ0v) is 21.3. The number of halogens is 1. The van der Waals surface area contributed by atoms with E-state index in [9.17, 15) is 19.8 Å². The van der Waals surface area contributed by atoms with Crippen molar-refractivity contribution in [2.75, 3.05) is 13.7 Å². The number of hydrogen-bond donors (Lipinski definition) is 2. The highest BCUT2D eigenvalue weighted by molar-refractivity contribution is 9.10. The van der Waals surface area contributed by atoms with Crippen LogP contribution in [0.5, 0.6) is 11.5 Å². The van der Waals surface area contributed by atoms with Crippen LogP contribution in [0.15, 0.2) is 70.7 Å². The standard InChI is InChI=1S/C28H26BrNO5/c1-16-9-10-17(2)20(13-16)25(31)23-24(19-14-21(29)26(32)22(15-19)35-3)30(28(34)27(23)33)12-11-18-7-5-4-6-8-18/h4-10,13-15,24,31-32H,11-12H2,1-3H3/b25-23+. The topological polar surface area (TPSA) is 87.1 Å². The van der Waals surface area contributed by atoms with E-state index < -0.39 is 17.7 Å². The Labute approximate surface area is 212 Å². The van der Waals surface area contributed by atoms with Crippen molar-refractivity contribution in [1.82, 2.24) is 4.90 Å². The van der Waals surface area contributed by atoms with Crippen LogP contribution in [0, 0.1) is 13.8 Å². The van der Waals surface area contributed by atoms with Crippen molar-refractivity contribution in [2.45, 2.75) is 26.3 Å². The number of aryl methyl sites for hydroxylation is 2. The van der Waals surface area contributed by atoms with Crippen LogP contribution in [0.2, 0.25) is 0 Å². The molecule has 1 saturated heterocycles. The number of ether oxygens (including phenoxy) is 1. The fourth-order valence-electron chi connectivity index (χ4n) is 4.39. The largest absolute Gasteiger partial charge is 0.507 e. The average Bonchev–Trinajstić information content (AvgIpc) is 3.11. The first-order valence-corrected chi connectivity index (χ1v) is 12.0. The lowest BCUT2D eigenvalue weighted by Crippen LogP contribution is -2.31. The van der Waals surface area contributed by atoms with Crippen molar-refractivity contribution in [3.05, 3.63) is 98.5 Å². The number of methoxy groups -OCH3 is 1. The highest BCUT2D eigenvalue weighted by atomic mass is 79.9. The molecule has 0 bridgehead atoms. The number of carbonyl (C=O) groups is 2. The molecule has 6 nitrogen and oxygen atoms in total. The van der Waals surface area contributed by atoms with Gasteiger partial charge in [-0.2, -0.15) is 0 Å². The van der Waals surface area contributed by atoms with Crippen LogP contribution in [0.4, 0.5) is 0 Å². The summed E-state index contributed by atoms with van der Waals surface area (Å²) in [4.78, 5) is 28.1. The molecule has 0 radical (unpaired) electrons. The van der Waals surface area contributed by atoms with Crippen LogP contribution in [0.3, 0.4) is 0 Å². The summed E-state index contributed by atoms with van der Waals surface area (Å²) in [6.45, 7) is 4.01. The van der Waals surface area contributed by atoms with E-state index in [4.69, 9.17) is 4.74 Å². The van der Waals surface area contributed by atoms with Crippen LogP contribution in [-0.4, -0.2) is 40.5 Å². The van der Waals surface area contributed by atoms with E-state index in [2.05, 4.69) is 15.9 Å². The molecule has 0 spiro atoms. The van der Waals surface area contributed by atoms with Gasteiger partial charge in [0, 0.05) is 12.1 Å². The lowest BCUT2D eigenvalue weighted by molar-refractivity contribution is -0.139. The normalized spacial score (nSPS) is 17.1. The SMILES string of the molecule is COc1cc(C2/C(=C(\O)c3cc(C)ccc3C)C(=O)C(=O)N2CCc2ccccc2)cc(Br)c1O.